The Kier molecular flexibility index (Phi) is 5.58. The molecule has 0 aliphatic carbocycles. The average molecular weight is 388 g/mol. The van der Waals surface area contributed by atoms with Crippen LogP contribution in [0.1, 0.15) is 42.0 Å². The van der Waals surface area contributed by atoms with Crippen LogP contribution in [0.5, 0.6) is 0 Å². The summed E-state index contributed by atoms with van der Waals surface area (Å²) in [6.45, 7) is 10.4. The lowest BCUT2D eigenvalue weighted by Gasteiger charge is -2.51. The number of hydrogen-bond acceptors (Lipinski definition) is 6. The van der Waals surface area contributed by atoms with Crippen LogP contribution in [0.25, 0.3) is 0 Å². The molecule has 0 amide bonds. The fourth-order valence-corrected chi connectivity index (χ4v) is 5.11. The van der Waals surface area contributed by atoms with E-state index in [1.165, 1.54) is 30.5 Å². The molecule has 1 spiro atoms. The minimum Gasteiger partial charge on any atom is -0.396 e. The lowest BCUT2D eigenvalue weighted by molar-refractivity contribution is -0.0453. The molecule has 7 heteroatoms. The molecule has 1 N–H and O–H groups in total. The lowest BCUT2D eigenvalue weighted by Crippen LogP contribution is -2.53. The molecule has 4 rings (SSSR count). The van der Waals surface area contributed by atoms with Crippen LogP contribution in [0, 0.1) is 25.2 Å². The van der Waals surface area contributed by atoms with Gasteiger partial charge in [-0.3, -0.25) is 9.80 Å². The summed E-state index contributed by atoms with van der Waals surface area (Å²) in [6.07, 6.45) is 7.36. The number of aliphatic hydroxyl groups is 1. The monoisotopic (exact) mass is 387 g/mol. The molecular weight excluding hydrogens is 354 g/mol. The summed E-state index contributed by atoms with van der Waals surface area (Å²) in [5.74, 6) is 1.27. The summed E-state index contributed by atoms with van der Waals surface area (Å²) in [7, 11) is 2.06. The first kappa shape index (κ1) is 19.6. The van der Waals surface area contributed by atoms with E-state index in [4.69, 9.17) is 4.52 Å². The third kappa shape index (κ3) is 3.75. The fraction of sp³-hybridized carbons (Fsp3) is 0.714. The van der Waals surface area contributed by atoms with Crippen molar-refractivity contribution in [1.29, 1.82) is 0 Å². The van der Waals surface area contributed by atoms with Crippen LogP contribution in [0.2, 0.25) is 0 Å². The van der Waals surface area contributed by atoms with Gasteiger partial charge in [0.2, 0.25) is 0 Å². The van der Waals surface area contributed by atoms with Crippen LogP contribution in [-0.4, -0.2) is 62.4 Å². The molecule has 4 heterocycles. The van der Waals surface area contributed by atoms with Crippen LogP contribution >= 0.6 is 0 Å². The van der Waals surface area contributed by atoms with Gasteiger partial charge in [-0.15, -0.1) is 0 Å². The van der Waals surface area contributed by atoms with E-state index in [1.54, 1.807) is 0 Å². The Morgan fingerprint density at radius 3 is 2.43 bits per heavy atom. The zero-order valence-corrected chi connectivity index (χ0v) is 17.4. The topological polar surface area (TPSA) is 70.6 Å². The molecular formula is C21H33N5O2. The van der Waals surface area contributed by atoms with Gasteiger partial charge in [-0.05, 0) is 58.2 Å². The van der Waals surface area contributed by atoms with Crippen molar-refractivity contribution < 1.29 is 9.63 Å². The Balaban J connectivity index is 1.36. The van der Waals surface area contributed by atoms with Gasteiger partial charge in [0.05, 0.1) is 17.7 Å². The largest absolute Gasteiger partial charge is 0.396 e. The zero-order valence-electron chi connectivity index (χ0n) is 17.4. The highest BCUT2D eigenvalue weighted by molar-refractivity contribution is 5.20. The molecule has 0 saturated carbocycles. The molecule has 2 saturated heterocycles. The molecule has 2 aliphatic rings. The summed E-state index contributed by atoms with van der Waals surface area (Å²) in [6, 6.07) is 0. The Hall–Kier alpha value is -1.70. The normalized spacial score (nSPS) is 23.5. The predicted molar refractivity (Wildman–Crippen MR) is 107 cm³/mol. The van der Waals surface area contributed by atoms with Crippen molar-refractivity contribution in [3.63, 3.8) is 0 Å². The molecule has 1 atom stereocenters. The second-order valence-electron chi connectivity index (χ2n) is 8.80. The summed E-state index contributed by atoms with van der Waals surface area (Å²) < 4.78 is 7.43. The van der Waals surface area contributed by atoms with Crippen molar-refractivity contribution in [2.45, 2.75) is 46.2 Å². The van der Waals surface area contributed by atoms with Crippen molar-refractivity contribution in [3.8, 4) is 0 Å². The first-order valence-corrected chi connectivity index (χ1v) is 10.4. The number of piperidine rings is 2. The van der Waals surface area contributed by atoms with Gasteiger partial charge >= 0.3 is 0 Å². The number of hydrogen-bond donors (Lipinski definition) is 1. The van der Waals surface area contributed by atoms with E-state index in [9.17, 15) is 5.11 Å². The van der Waals surface area contributed by atoms with E-state index in [1.807, 2.05) is 26.4 Å². The van der Waals surface area contributed by atoms with Gasteiger partial charge in [0, 0.05) is 51.0 Å². The van der Waals surface area contributed by atoms with Crippen molar-refractivity contribution in [2.24, 2.45) is 18.4 Å². The Bertz CT molecular complexity index is 771. The Morgan fingerprint density at radius 1 is 1.14 bits per heavy atom. The highest BCUT2D eigenvalue weighted by Gasteiger charge is 2.44. The number of imidazole rings is 1. The highest BCUT2D eigenvalue weighted by Crippen LogP contribution is 2.45. The summed E-state index contributed by atoms with van der Waals surface area (Å²) in [5.41, 5.74) is 3.75. The average Bonchev–Trinajstić information content (AvgIpc) is 3.25. The molecule has 7 nitrogen and oxygen atoms in total. The number of likely N-dealkylation sites (tertiary alicyclic amines) is 2. The summed E-state index contributed by atoms with van der Waals surface area (Å²) in [5, 5.41) is 14.3. The number of aliphatic hydroxyl groups excluding tert-OH is 1. The van der Waals surface area contributed by atoms with Gasteiger partial charge in [0.25, 0.3) is 0 Å². The standard InChI is InChI=1S/C21H33N5O2/c1-16-20(17(2)28-23-16)13-26-9-6-21(18(11-26)14-27)4-7-25(8-5-21)12-19-10-22-15-24(19)3/h10,15,18,27H,4-9,11-14H2,1-3H3. The third-order valence-corrected chi connectivity index (χ3v) is 7.21. The van der Waals surface area contributed by atoms with Crippen LogP contribution in [0.3, 0.4) is 0 Å². The second kappa shape index (κ2) is 7.97. The highest BCUT2D eigenvalue weighted by atomic mass is 16.5. The molecule has 2 aliphatic heterocycles. The van der Waals surface area contributed by atoms with Crippen LogP contribution < -0.4 is 0 Å². The van der Waals surface area contributed by atoms with E-state index in [2.05, 4.69) is 31.6 Å². The molecule has 2 aromatic rings. The van der Waals surface area contributed by atoms with E-state index >= 15 is 0 Å². The first-order chi connectivity index (χ1) is 13.5. The fourth-order valence-electron chi connectivity index (χ4n) is 5.11. The maximum atomic E-state index is 10.2. The number of aromatic nitrogens is 3. The number of rotatable bonds is 5. The minimum atomic E-state index is 0.278. The maximum Gasteiger partial charge on any atom is 0.138 e. The molecule has 2 aromatic heterocycles. The van der Waals surface area contributed by atoms with Crippen LogP contribution in [-0.2, 0) is 20.1 Å². The lowest BCUT2D eigenvalue weighted by atomic mass is 9.64. The van der Waals surface area contributed by atoms with E-state index < -0.39 is 0 Å². The second-order valence-corrected chi connectivity index (χ2v) is 8.80. The molecule has 0 aromatic carbocycles. The zero-order chi connectivity index (χ0) is 19.7. The minimum absolute atomic E-state index is 0.278. The van der Waals surface area contributed by atoms with Crippen LogP contribution in [0.15, 0.2) is 17.0 Å². The number of nitrogens with zero attached hydrogens (tertiary/aromatic N) is 5. The van der Waals surface area contributed by atoms with Crippen LogP contribution in [0.4, 0.5) is 0 Å². The molecule has 0 radical (unpaired) electrons. The molecule has 154 valence electrons. The smallest absolute Gasteiger partial charge is 0.138 e. The quantitative estimate of drug-likeness (QED) is 0.847. The SMILES string of the molecule is Cc1noc(C)c1CN1CCC2(CCN(Cc3cncn3C)CC2)C(CO)C1. The van der Waals surface area contributed by atoms with Gasteiger partial charge in [-0.2, -0.15) is 0 Å². The maximum absolute atomic E-state index is 10.2. The van der Waals surface area contributed by atoms with Crippen molar-refractivity contribution in [3.05, 3.63) is 35.2 Å². The van der Waals surface area contributed by atoms with Crippen molar-refractivity contribution >= 4 is 0 Å². The van der Waals surface area contributed by atoms with E-state index in [-0.39, 0.29) is 12.0 Å². The number of aryl methyl sites for hydroxylation is 3. The van der Waals surface area contributed by atoms with Gasteiger partial charge in [0.15, 0.2) is 0 Å². The van der Waals surface area contributed by atoms with Crippen molar-refractivity contribution in [1.82, 2.24) is 24.5 Å². The predicted octanol–water partition coefficient (Wildman–Crippen LogP) is 2.12. The van der Waals surface area contributed by atoms with Gasteiger partial charge in [0.1, 0.15) is 5.76 Å². The molecule has 1 unspecified atom stereocenters. The Morgan fingerprint density at radius 2 is 1.86 bits per heavy atom. The molecule has 0 bridgehead atoms. The Labute approximate surface area is 167 Å². The van der Waals surface area contributed by atoms with Gasteiger partial charge in [-0.1, -0.05) is 5.16 Å². The van der Waals surface area contributed by atoms with E-state index in [0.717, 1.165) is 50.7 Å². The molecule has 2 fully saturated rings. The van der Waals surface area contributed by atoms with Gasteiger partial charge in [-0.25, -0.2) is 4.98 Å². The summed E-state index contributed by atoms with van der Waals surface area (Å²) >= 11 is 0. The van der Waals surface area contributed by atoms with Crippen molar-refractivity contribution in [2.75, 3.05) is 32.8 Å². The summed E-state index contributed by atoms with van der Waals surface area (Å²) in [4.78, 5) is 9.24. The first-order valence-electron chi connectivity index (χ1n) is 10.4. The molecule has 28 heavy (non-hydrogen) atoms. The van der Waals surface area contributed by atoms with E-state index in [0.29, 0.717) is 5.92 Å². The van der Waals surface area contributed by atoms with Gasteiger partial charge < -0.3 is 14.2 Å². The third-order valence-electron chi connectivity index (χ3n) is 7.21.